The average molecular weight is 453 g/mol. The lowest BCUT2D eigenvalue weighted by Gasteiger charge is -2.08. The van der Waals surface area contributed by atoms with Crippen LogP contribution in [0.15, 0.2) is 82.4 Å². The first-order chi connectivity index (χ1) is 14.1. The fourth-order valence-corrected chi connectivity index (χ4v) is 2.79. The maximum atomic E-state index is 12.3. The number of rotatable bonds is 6. The van der Waals surface area contributed by atoms with E-state index in [-0.39, 0.29) is 5.91 Å². The largest absolute Gasteiger partial charge is 0.497 e. The van der Waals surface area contributed by atoms with Gasteiger partial charge in [0.1, 0.15) is 11.5 Å². The second kappa shape index (κ2) is 9.66. The van der Waals surface area contributed by atoms with Gasteiger partial charge in [0, 0.05) is 15.6 Å². The quantitative estimate of drug-likeness (QED) is 0.259. The summed E-state index contributed by atoms with van der Waals surface area (Å²) in [5.74, 6) is 0.125. The van der Waals surface area contributed by atoms with Crippen molar-refractivity contribution in [2.45, 2.75) is 0 Å². The minimum absolute atomic E-state index is 0.324. The van der Waals surface area contributed by atoms with Crippen molar-refractivity contribution in [3.05, 3.63) is 94.0 Å². The van der Waals surface area contributed by atoms with Crippen molar-refractivity contribution in [3.8, 4) is 11.5 Å². The zero-order chi connectivity index (χ0) is 20.6. The Bertz CT molecular complexity index is 1030. The molecule has 29 heavy (non-hydrogen) atoms. The van der Waals surface area contributed by atoms with Crippen LogP contribution < -0.4 is 14.9 Å². The van der Waals surface area contributed by atoms with Gasteiger partial charge in [-0.25, -0.2) is 10.2 Å². The highest BCUT2D eigenvalue weighted by atomic mass is 79.9. The third kappa shape index (κ3) is 5.52. The second-order valence-corrected chi connectivity index (χ2v) is 6.78. The van der Waals surface area contributed by atoms with E-state index in [1.807, 2.05) is 6.07 Å². The molecule has 0 radical (unpaired) electrons. The topological polar surface area (TPSA) is 77.0 Å². The van der Waals surface area contributed by atoms with Crippen LogP contribution >= 0.6 is 15.9 Å². The minimum Gasteiger partial charge on any atom is -0.497 e. The molecule has 0 fully saturated rings. The number of methoxy groups -OCH3 is 1. The molecular weight excluding hydrogens is 436 g/mol. The molecule has 0 aliphatic rings. The van der Waals surface area contributed by atoms with Crippen molar-refractivity contribution in [3.63, 3.8) is 0 Å². The van der Waals surface area contributed by atoms with Gasteiger partial charge in [-0.2, -0.15) is 5.10 Å². The summed E-state index contributed by atoms with van der Waals surface area (Å²) in [6.07, 6.45) is 1.42. The van der Waals surface area contributed by atoms with E-state index in [2.05, 4.69) is 26.5 Å². The predicted molar refractivity (Wildman–Crippen MR) is 114 cm³/mol. The summed E-state index contributed by atoms with van der Waals surface area (Å²) in [4.78, 5) is 24.5. The van der Waals surface area contributed by atoms with E-state index in [4.69, 9.17) is 9.47 Å². The predicted octanol–water partition coefficient (Wildman–Crippen LogP) is 4.44. The zero-order valence-corrected chi connectivity index (χ0v) is 17.0. The van der Waals surface area contributed by atoms with Crippen molar-refractivity contribution in [1.29, 1.82) is 0 Å². The van der Waals surface area contributed by atoms with Crippen LogP contribution in [0.1, 0.15) is 26.3 Å². The Balaban J connectivity index is 1.71. The number of hydrogen-bond acceptors (Lipinski definition) is 5. The number of hydrazone groups is 1. The summed E-state index contributed by atoms with van der Waals surface area (Å²) in [5.41, 5.74) is 3.85. The third-order valence-electron chi connectivity index (χ3n) is 3.91. The number of hydrogen-bond donors (Lipinski definition) is 1. The van der Waals surface area contributed by atoms with E-state index in [1.54, 1.807) is 73.8 Å². The molecule has 0 atom stereocenters. The number of ether oxygens (including phenoxy) is 2. The molecule has 1 amide bonds. The van der Waals surface area contributed by atoms with Crippen LogP contribution in [0.5, 0.6) is 11.5 Å². The Morgan fingerprint density at radius 3 is 2.38 bits per heavy atom. The number of halogens is 1. The van der Waals surface area contributed by atoms with Gasteiger partial charge in [0.05, 0.1) is 18.9 Å². The Morgan fingerprint density at radius 2 is 1.69 bits per heavy atom. The van der Waals surface area contributed by atoms with E-state index in [0.29, 0.717) is 28.2 Å². The SMILES string of the molecule is COc1ccc(C(=O)NN=Cc2cc(Br)ccc2OC(=O)c2ccccc2)cc1. The summed E-state index contributed by atoms with van der Waals surface area (Å²) in [5, 5.41) is 3.97. The number of carbonyl (C=O) groups excluding carboxylic acids is 2. The Kier molecular flexibility index (Phi) is 6.76. The molecule has 3 aromatic carbocycles. The fourth-order valence-electron chi connectivity index (χ4n) is 2.41. The van der Waals surface area contributed by atoms with Crippen molar-refractivity contribution < 1.29 is 19.1 Å². The van der Waals surface area contributed by atoms with E-state index >= 15 is 0 Å². The van der Waals surface area contributed by atoms with Crippen molar-refractivity contribution in [1.82, 2.24) is 5.43 Å². The van der Waals surface area contributed by atoms with Crippen molar-refractivity contribution >= 4 is 34.0 Å². The van der Waals surface area contributed by atoms with Gasteiger partial charge in [-0.15, -0.1) is 0 Å². The highest BCUT2D eigenvalue weighted by molar-refractivity contribution is 9.10. The van der Waals surface area contributed by atoms with Gasteiger partial charge in [0.25, 0.3) is 5.91 Å². The molecule has 1 N–H and O–H groups in total. The molecule has 0 aromatic heterocycles. The lowest BCUT2D eigenvalue weighted by molar-refractivity contribution is 0.0734. The summed E-state index contributed by atoms with van der Waals surface area (Å²) in [7, 11) is 1.56. The number of nitrogens with zero attached hydrogens (tertiary/aromatic N) is 1. The molecule has 3 rings (SSSR count). The molecule has 0 aliphatic carbocycles. The molecule has 7 heteroatoms. The molecular formula is C22H17BrN2O4. The van der Waals surface area contributed by atoms with Crippen LogP contribution in [0.4, 0.5) is 0 Å². The summed E-state index contributed by atoms with van der Waals surface area (Å²) in [6.45, 7) is 0. The third-order valence-corrected chi connectivity index (χ3v) is 4.40. The van der Waals surface area contributed by atoms with Crippen molar-refractivity contribution in [2.75, 3.05) is 7.11 Å². The molecule has 0 spiro atoms. The van der Waals surface area contributed by atoms with Crippen LogP contribution in [0, 0.1) is 0 Å². The van der Waals surface area contributed by atoms with E-state index in [0.717, 1.165) is 4.47 Å². The van der Waals surface area contributed by atoms with Crippen molar-refractivity contribution in [2.24, 2.45) is 5.10 Å². The molecule has 0 saturated carbocycles. The number of benzene rings is 3. The standard InChI is InChI=1S/C22H17BrN2O4/c1-28-19-10-7-15(8-11-19)21(26)25-24-14-17-13-18(23)9-12-20(17)29-22(27)16-5-3-2-4-6-16/h2-14H,1H3,(H,25,26). The zero-order valence-electron chi connectivity index (χ0n) is 15.5. The lowest BCUT2D eigenvalue weighted by Crippen LogP contribution is -2.17. The molecule has 0 aliphatic heterocycles. The number of esters is 1. The maximum Gasteiger partial charge on any atom is 0.343 e. The van der Waals surface area contributed by atoms with E-state index < -0.39 is 5.97 Å². The summed E-state index contributed by atoms with van der Waals surface area (Å²) < 4.78 is 11.3. The van der Waals surface area contributed by atoms with E-state index in [1.165, 1.54) is 6.21 Å². The van der Waals surface area contributed by atoms with Gasteiger partial charge in [-0.1, -0.05) is 34.1 Å². The highest BCUT2D eigenvalue weighted by Gasteiger charge is 2.11. The molecule has 3 aromatic rings. The van der Waals surface area contributed by atoms with Gasteiger partial charge < -0.3 is 9.47 Å². The van der Waals surface area contributed by atoms with Crippen LogP contribution in [0.3, 0.4) is 0 Å². The summed E-state index contributed by atoms with van der Waals surface area (Å²) in [6, 6.07) is 20.5. The maximum absolute atomic E-state index is 12.3. The first-order valence-electron chi connectivity index (χ1n) is 8.61. The number of nitrogens with one attached hydrogen (secondary N) is 1. The smallest absolute Gasteiger partial charge is 0.343 e. The van der Waals surface area contributed by atoms with Gasteiger partial charge in [-0.3, -0.25) is 4.79 Å². The fraction of sp³-hybridized carbons (Fsp3) is 0.0455. The minimum atomic E-state index is -0.482. The second-order valence-electron chi connectivity index (χ2n) is 5.87. The Morgan fingerprint density at radius 1 is 0.966 bits per heavy atom. The molecule has 146 valence electrons. The molecule has 0 bridgehead atoms. The first-order valence-corrected chi connectivity index (χ1v) is 9.40. The van der Waals surface area contributed by atoms with Gasteiger partial charge in [0.15, 0.2) is 0 Å². The monoisotopic (exact) mass is 452 g/mol. The molecule has 6 nitrogen and oxygen atoms in total. The normalized spacial score (nSPS) is 10.6. The highest BCUT2D eigenvalue weighted by Crippen LogP contribution is 2.23. The summed E-state index contributed by atoms with van der Waals surface area (Å²) >= 11 is 3.38. The number of carbonyl (C=O) groups is 2. The van der Waals surface area contributed by atoms with Gasteiger partial charge in [-0.05, 0) is 54.6 Å². The molecule has 0 heterocycles. The Labute approximate surface area is 176 Å². The first kappa shape index (κ1) is 20.3. The van der Waals surface area contributed by atoms with Crippen LogP contribution in [-0.2, 0) is 0 Å². The van der Waals surface area contributed by atoms with Crippen LogP contribution in [0.2, 0.25) is 0 Å². The van der Waals surface area contributed by atoms with Crippen LogP contribution in [-0.4, -0.2) is 25.2 Å². The average Bonchev–Trinajstić information content (AvgIpc) is 2.76. The van der Waals surface area contributed by atoms with Gasteiger partial charge in [0.2, 0.25) is 0 Å². The lowest BCUT2D eigenvalue weighted by atomic mass is 10.2. The molecule has 0 saturated heterocycles. The van der Waals surface area contributed by atoms with Crippen LogP contribution in [0.25, 0.3) is 0 Å². The Hall–Kier alpha value is -3.45. The number of amides is 1. The van der Waals surface area contributed by atoms with E-state index in [9.17, 15) is 9.59 Å². The molecule has 0 unspecified atom stereocenters. The van der Waals surface area contributed by atoms with Gasteiger partial charge >= 0.3 is 5.97 Å².